The second-order valence-electron chi connectivity index (χ2n) is 4.36. The summed E-state index contributed by atoms with van der Waals surface area (Å²) in [5.74, 6) is 0.744. The fourth-order valence-electron chi connectivity index (χ4n) is 1.81. The van der Waals surface area contributed by atoms with Gasteiger partial charge in [0, 0.05) is 12.5 Å². The summed E-state index contributed by atoms with van der Waals surface area (Å²) in [5, 5.41) is 3.06. The molecule has 0 saturated heterocycles. The number of hydrogen-bond acceptors (Lipinski definition) is 2. The summed E-state index contributed by atoms with van der Waals surface area (Å²) in [6.45, 7) is 2.96. The molecule has 0 fully saturated rings. The van der Waals surface area contributed by atoms with Crippen LogP contribution in [0.25, 0.3) is 0 Å². The molecule has 1 aromatic rings. The molecule has 0 spiro atoms. The van der Waals surface area contributed by atoms with Crippen LogP contribution in [0.4, 0.5) is 13.2 Å². The molecule has 108 valence electrons. The highest BCUT2D eigenvalue weighted by Crippen LogP contribution is 2.23. The number of hydrogen-bond donors (Lipinski definition) is 1. The van der Waals surface area contributed by atoms with E-state index in [1.165, 1.54) is 0 Å². The molecule has 0 aliphatic heterocycles. The third-order valence-electron chi connectivity index (χ3n) is 2.75. The normalized spacial score (nSPS) is 13.3. The van der Waals surface area contributed by atoms with Gasteiger partial charge in [-0.05, 0) is 31.5 Å². The van der Waals surface area contributed by atoms with Crippen molar-refractivity contribution in [1.29, 1.82) is 0 Å². The van der Waals surface area contributed by atoms with E-state index in [0.29, 0.717) is 19.6 Å². The van der Waals surface area contributed by atoms with Crippen molar-refractivity contribution in [2.45, 2.75) is 38.4 Å². The van der Waals surface area contributed by atoms with Crippen LogP contribution in [0.5, 0.6) is 5.75 Å². The summed E-state index contributed by atoms with van der Waals surface area (Å²) in [6.07, 6.45) is -4.18. The van der Waals surface area contributed by atoms with Crippen molar-refractivity contribution >= 4 is 0 Å². The molecule has 1 aromatic carbocycles. The van der Waals surface area contributed by atoms with Crippen LogP contribution in [0.3, 0.4) is 0 Å². The van der Waals surface area contributed by atoms with Crippen molar-refractivity contribution in [1.82, 2.24) is 5.32 Å². The lowest BCUT2D eigenvalue weighted by atomic mass is 10.1. The van der Waals surface area contributed by atoms with Crippen molar-refractivity contribution < 1.29 is 17.9 Å². The van der Waals surface area contributed by atoms with Gasteiger partial charge in [0.1, 0.15) is 5.75 Å². The highest BCUT2D eigenvalue weighted by atomic mass is 19.4. The third-order valence-corrected chi connectivity index (χ3v) is 2.75. The van der Waals surface area contributed by atoms with Crippen LogP contribution in [-0.2, 0) is 0 Å². The van der Waals surface area contributed by atoms with Crippen molar-refractivity contribution in [2.24, 2.45) is 0 Å². The topological polar surface area (TPSA) is 21.3 Å². The van der Waals surface area contributed by atoms with Gasteiger partial charge >= 0.3 is 6.18 Å². The molecule has 19 heavy (non-hydrogen) atoms. The van der Waals surface area contributed by atoms with Gasteiger partial charge in [-0.3, -0.25) is 0 Å². The Bertz CT molecular complexity index is 340. The van der Waals surface area contributed by atoms with Crippen LogP contribution in [-0.4, -0.2) is 25.4 Å². The lowest BCUT2D eigenvalue weighted by molar-refractivity contribution is -0.136. The average molecular weight is 275 g/mol. The summed E-state index contributed by atoms with van der Waals surface area (Å²) in [6, 6.07) is 9.12. The zero-order chi connectivity index (χ0) is 14.1. The summed E-state index contributed by atoms with van der Waals surface area (Å²) in [4.78, 5) is 0. The van der Waals surface area contributed by atoms with Gasteiger partial charge in [0.15, 0.2) is 0 Å². The van der Waals surface area contributed by atoms with Gasteiger partial charge < -0.3 is 10.1 Å². The molecule has 1 rings (SSSR count). The molecule has 1 unspecified atom stereocenters. The Balaban J connectivity index is 2.29. The molecule has 0 heterocycles. The lowest BCUT2D eigenvalue weighted by Crippen LogP contribution is -2.31. The summed E-state index contributed by atoms with van der Waals surface area (Å²) < 4.78 is 42.0. The number of para-hydroxylation sites is 1. The first-order chi connectivity index (χ1) is 9.01. The molecule has 5 heteroatoms. The summed E-state index contributed by atoms with van der Waals surface area (Å²) in [5.41, 5.74) is 0. The minimum Gasteiger partial charge on any atom is -0.494 e. The van der Waals surface area contributed by atoms with Crippen molar-refractivity contribution in [2.75, 3.05) is 13.2 Å². The van der Waals surface area contributed by atoms with Crippen LogP contribution in [0, 0.1) is 0 Å². The van der Waals surface area contributed by atoms with E-state index in [2.05, 4.69) is 5.32 Å². The van der Waals surface area contributed by atoms with Crippen LogP contribution in [0.15, 0.2) is 30.3 Å². The molecule has 0 amide bonds. The van der Waals surface area contributed by atoms with E-state index in [0.717, 1.165) is 5.75 Å². The van der Waals surface area contributed by atoms with Crippen LogP contribution in [0.1, 0.15) is 26.2 Å². The molecule has 0 saturated carbocycles. The van der Waals surface area contributed by atoms with Crippen molar-refractivity contribution in [3.05, 3.63) is 30.3 Å². The van der Waals surface area contributed by atoms with Gasteiger partial charge in [-0.2, -0.15) is 13.2 Å². The Morgan fingerprint density at radius 3 is 2.42 bits per heavy atom. The number of ether oxygens (including phenoxy) is 1. The number of benzene rings is 1. The van der Waals surface area contributed by atoms with Gasteiger partial charge in [-0.1, -0.05) is 25.1 Å². The second-order valence-corrected chi connectivity index (χ2v) is 4.36. The van der Waals surface area contributed by atoms with E-state index in [1.807, 2.05) is 37.3 Å². The first-order valence-electron chi connectivity index (χ1n) is 6.49. The first-order valence-corrected chi connectivity index (χ1v) is 6.49. The maximum atomic E-state index is 12.2. The van der Waals surface area contributed by atoms with Crippen LogP contribution >= 0.6 is 0 Å². The largest absolute Gasteiger partial charge is 0.494 e. The Morgan fingerprint density at radius 1 is 1.16 bits per heavy atom. The maximum absolute atomic E-state index is 12.2. The molecule has 0 radical (unpaired) electrons. The van der Waals surface area contributed by atoms with Crippen molar-refractivity contribution in [3.63, 3.8) is 0 Å². The van der Waals surface area contributed by atoms with Gasteiger partial charge in [-0.25, -0.2) is 0 Å². The van der Waals surface area contributed by atoms with E-state index < -0.39 is 12.6 Å². The van der Waals surface area contributed by atoms with Gasteiger partial charge in [0.05, 0.1) is 6.61 Å². The summed E-state index contributed by atoms with van der Waals surface area (Å²) in [7, 11) is 0. The maximum Gasteiger partial charge on any atom is 0.389 e. The van der Waals surface area contributed by atoms with Gasteiger partial charge in [0.25, 0.3) is 0 Å². The Labute approximate surface area is 112 Å². The van der Waals surface area contributed by atoms with Gasteiger partial charge in [-0.15, -0.1) is 0 Å². The number of nitrogens with one attached hydrogen (secondary N) is 1. The highest BCUT2D eigenvalue weighted by molar-refractivity contribution is 5.20. The molecule has 0 aromatic heterocycles. The highest BCUT2D eigenvalue weighted by Gasteiger charge is 2.28. The molecule has 1 atom stereocenters. The molecule has 2 nitrogen and oxygen atoms in total. The molecule has 0 aliphatic carbocycles. The minimum atomic E-state index is -4.09. The molecule has 1 N–H and O–H groups in total. The quantitative estimate of drug-likeness (QED) is 0.779. The molecular weight excluding hydrogens is 255 g/mol. The Morgan fingerprint density at radius 2 is 1.84 bits per heavy atom. The number of rotatable bonds is 8. The fourth-order valence-corrected chi connectivity index (χ4v) is 1.81. The zero-order valence-electron chi connectivity index (χ0n) is 11.0. The predicted octanol–water partition coefficient (Wildman–Crippen LogP) is 3.78. The van der Waals surface area contributed by atoms with E-state index >= 15 is 0 Å². The van der Waals surface area contributed by atoms with E-state index in [4.69, 9.17) is 4.74 Å². The number of halogens is 3. The first kappa shape index (κ1) is 15.8. The van der Waals surface area contributed by atoms with Crippen molar-refractivity contribution in [3.8, 4) is 5.75 Å². The zero-order valence-corrected chi connectivity index (χ0v) is 11.0. The third kappa shape index (κ3) is 7.72. The summed E-state index contributed by atoms with van der Waals surface area (Å²) >= 11 is 0. The Kier molecular flexibility index (Phi) is 6.70. The standard InChI is InChI=1S/C14H20F3NO/c1-2-18-12(8-10-14(15,16)17)9-11-19-13-6-4-3-5-7-13/h3-7,12,18H,2,8-11H2,1H3. The minimum absolute atomic E-state index is 0.0927. The SMILES string of the molecule is CCNC(CCOc1ccccc1)CCC(F)(F)F. The fraction of sp³-hybridized carbons (Fsp3) is 0.571. The van der Waals surface area contributed by atoms with E-state index in [-0.39, 0.29) is 12.5 Å². The molecular formula is C14H20F3NO. The molecule has 0 aliphatic rings. The number of alkyl halides is 3. The van der Waals surface area contributed by atoms with Gasteiger partial charge in [0.2, 0.25) is 0 Å². The average Bonchev–Trinajstić information content (AvgIpc) is 2.36. The predicted molar refractivity (Wildman–Crippen MR) is 69.3 cm³/mol. The van der Waals surface area contributed by atoms with Crippen LogP contribution < -0.4 is 10.1 Å². The second kappa shape index (κ2) is 8.04. The lowest BCUT2D eigenvalue weighted by Gasteiger charge is -2.19. The van der Waals surface area contributed by atoms with E-state index in [1.54, 1.807) is 0 Å². The molecule has 0 bridgehead atoms. The monoisotopic (exact) mass is 275 g/mol. The van der Waals surface area contributed by atoms with Crippen LogP contribution in [0.2, 0.25) is 0 Å². The van der Waals surface area contributed by atoms with E-state index in [9.17, 15) is 13.2 Å². The smallest absolute Gasteiger partial charge is 0.389 e. The Hall–Kier alpha value is -1.23.